The number of rotatable bonds is 10. The van der Waals surface area contributed by atoms with E-state index in [4.69, 9.17) is 21.1 Å². The Bertz CT molecular complexity index is 1340. The summed E-state index contributed by atoms with van der Waals surface area (Å²) in [5, 5.41) is 0.371. The third-order valence-electron chi connectivity index (χ3n) is 5.54. The fraction of sp³-hybridized carbons (Fsp3) is 0.172. The molecule has 1 saturated heterocycles. The van der Waals surface area contributed by atoms with Crippen molar-refractivity contribution in [1.29, 1.82) is 0 Å². The van der Waals surface area contributed by atoms with E-state index < -0.39 is 0 Å². The number of amides is 2. The van der Waals surface area contributed by atoms with Gasteiger partial charge in [0.25, 0.3) is 11.1 Å². The van der Waals surface area contributed by atoms with Gasteiger partial charge in [-0.1, -0.05) is 57.9 Å². The SMILES string of the molecule is C=CCc1cc(/C=C2\SC(=O)N(Cc3ccc(Br)cc3)C2=O)cc(OCC)c1OCc1ccc(Cl)cc1. The third-order valence-corrected chi connectivity index (χ3v) is 7.23. The molecule has 1 heterocycles. The van der Waals surface area contributed by atoms with Gasteiger partial charge >= 0.3 is 0 Å². The number of carbonyl (C=O) groups is 2. The quantitative estimate of drug-likeness (QED) is 0.175. The Kier molecular flexibility index (Phi) is 9.14. The van der Waals surface area contributed by atoms with Crippen LogP contribution >= 0.6 is 39.3 Å². The number of benzene rings is 3. The number of allylic oxidation sites excluding steroid dienone is 1. The number of nitrogens with zero attached hydrogens (tertiary/aromatic N) is 1. The molecular weight excluding hydrogens is 574 g/mol. The summed E-state index contributed by atoms with van der Waals surface area (Å²) in [7, 11) is 0. The molecule has 1 fully saturated rings. The molecule has 8 heteroatoms. The highest BCUT2D eigenvalue weighted by atomic mass is 79.9. The lowest BCUT2D eigenvalue weighted by Crippen LogP contribution is -2.27. The van der Waals surface area contributed by atoms with Gasteiger partial charge in [0, 0.05) is 15.1 Å². The molecule has 0 radical (unpaired) electrons. The summed E-state index contributed by atoms with van der Waals surface area (Å²) in [5.41, 5.74) is 3.46. The summed E-state index contributed by atoms with van der Waals surface area (Å²) >= 11 is 10.3. The van der Waals surface area contributed by atoms with E-state index in [0.29, 0.717) is 41.1 Å². The zero-order valence-electron chi connectivity index (χ0n) is 20.2. The second kappa shape index (κ2) is 12.5. The van der Waals surface area contributed by atoms with Crippen LogP contribution in [0.1, 0.15) is 29.2 Å². The second-order valence-electron chi connectivity index (χ2n) is 8.24. The van der Waals surface area contributed by atoms with Gasteiger partial charge in [0.05, 0.1) is 18.1 Å². The Balaban J connectivity index is 1.60. The Morgan fingerprint density at radius 2 is 1.73 bits per heavy atom. The lowest BCUT2D eigenvalue weighted by Gasteiger charge is -2.17. The van der Waals surface area contributed by atoms with E-state index >= 15 is 0 Å². The van der Waals surface area contributed by atoms with Gasteiger partial charge in [0.1, 0.15) is 6.61 Å². The van der Waals surface area contributed by atoms with E-state index in [1.165, 1.54) is 4.90 Å². The van der Waals surface area contributed by atoms with Crippen molar-refractivity contribution in [1.82, 2.24) is 4.90 Å². The highest BCUT2D eigenvalue weighted by molar-refractivity contribution is 9.10. The van der Waals surface area contributed by atoms with Crippen LogP contribution in [0.15, 0.2) is 82.7 Å². The van der Waals surface area contributed by atoms with Gasteiger partial charge in [-0.25, -0.2) is 0 Å². The molecule has 0 N–H and O–H groups in total. The van der Waals surface area contributed by atoms with E-state index in [1.807, 2.05) is 67.6 Å². The maximum atomic E-state index is 13.1. The number of carbonyl (C=O) groups excluding carboxylic acids is 2. The summed E-state index contributed by atoms with van der Waals surface area (Å²) in [4.78, 5) is 27.4. The molecule has 0 saturated carbocycles. The first-order chi connectivity index (χ1) is 17.9. The standard InChI is InChI=1S/C29H25BrClNO4S/c1-3-5-22-14-21(15-25(35-4-2)27(22)36-18-20-8-12-24(31)13-9-20)16-26-28(33)32(29(34)37-26)17-19-6-10-23(30)11-7-19/h3,6-16H,1,4-5,17-18H2,2H3/b26-16-. The Morgan fingerprint density at radius 1 is 1.03 bits per heavy atom. The molecule has 37 heavy (non-hydrogen) atoms. The average molecular weight is 599 g/mol. The molecule has 3 aromatic rings. The number of hydrogen-bond donors (Lipinski definition) is 0. The molecule has 190 valence electrons. The molecule has 3 aromatic carbocycles. The molecule has 5 nitrogen and oxygen atoms in total. The third kappa shape index (κ3) is 6.86. The van der Waals surface area contributed by atoms with Gasteiger partial charge in [-0.15, -0.1) is 6.58 Å². The van der Waals surface area contributed by atoms with Crippen LogP contribution in [-0.2, 0) is 24.4 Å². The first-order valence-electron chi connectivity index (χ1n) is 11.7. The first-order valence-corrected chi connectivity index (χ1v) is 13.6. The number of imide groups is 1. The van der Waals surface area contributed by atoms with Crippen LogP contribution < -0.4 is 9.47 Å². The van der Waals surface area contributed by atoms with Gasteiger partial charge in [-0.3, -0.25) is 14.5 Å². The van der Waals surface area contributed by atoms with Crippen molar-refractivity contribution in [2.75, 3.05) is 6.61 Å². The van der Waals surface area contributed by atoms with Crippen LogP contribution in [0.2, 0.25) is 5.02 Å². The molecular formula is C29H25BrClNO4S. The van der Waals surface area contributed by atoms with Crippen LogP contribution in [0.5, 0.6) is 11.5 Å². The predicted octanol–water partition coefficient (Wildman–Crippen LogP) is 8.05. The predicted molar refractivity (Wildman–Crippen MR) is 153 cm³/mol. The van der Waals surface area contributed by atoms with E-state index in [1.54, 1.807) is 12.2 Å². The summed E-state index contributed by atoms with van der Waals surface area (Å²) in [6.45, 7) is 6.78. The van der Waals surface area contributed by atoms with Crippen molar-refractivity contribution in [3.63, 3.8) is 0 Å². The minimum Gasteiger partial charge on any atom is -0.490 e. The second-order valence-corrected chi connectivity index (χ2v) is 10.6. The Labute approximate surface area is 234 Å². The van der Waals surface area contributed by atoms with Crippen LogP contribution in [0.3, 0.4) is 0 Å². The topological polar surface area (TPSA) is 55.8 Å². The number of ether oxygens (including phenoxy) is 2. The van der Waals surface area contributed by atoms with Crippen molar-refractivity contribution in [3.05, 3.63) is 110 Å². The number of halogens is 2. The van der Waals surface area contributed by atoms with E-state index in [0.717, 1.165) is 38.5 Å². The zero-order chi connectivity index (χ0) is 26.4. The fourth-order valence-electron chi connectivity index (χ4n) is 3.80. The van der Waals surface area contributed by atoms with Gasteiger partial charge in [-0.2, -0.15) is 0 Å². The molecule has 0 unspecified atom stereocenters. The first kappa shape index (κ1) is 27.0. The molecule has 1 aliphatic heterocycles. The van der Waals surface area contributed by atoms with Gasteiger partial charge in [0.2, 0.25) is 0 Å². The smallest absolute Gasteiger partial charge is 0.293 e. The summed E-state index contributed by atoms with van der Waals surface area (Å²) < 4.78 is 13.0. The van der Waals surface area contributed by atoms with Crippen molar-refractivity contribution >= 4 is 56.5 Å². The Morgan fingerprint density at radius 3 is 2.41 bits per heavy atom. The minimum absolute atomic E-state index is 0.221. The molecule has 0 bridgehead atoms. The van der Waals surface area contributed by atoms with Crippen molar-refractivity contribution < 1.29 is 19.1 Å². The summed E-state index contributed by atoms with van der Waals surface area (Å²) in [6.07, 6.45) is 4.06. The van der Waals surface area contributed by atoms with Crippen LogP contribution in [0.25, 0.3) is 6.08 Å². The largest absolute Gasteiger partial charge is 0.490 e. The lowest BCUT2D eigenvalue weighted by molar-refractivity contribution is -0.123. The maximum absolute atomic E-state index is 13.1. The maximum Gasteiger partial charge on any atom is 0.293 e. The van der Waals surface area contributed by atoms with Crippen LogP contribution in [0, 0.1) is 0 Å². The molecule has 4 rings (SSSR count). The van der Waals surface area contributed by atoms with Crippen molar-refractivity contribution in [2.45, 2.75) is 26.5 Å². The average Bonchev–Trinajstić information content (AvgIpc) is 3.13. The summed E-state index contributed by atoms with van der Waals surface area (Å²) in [6, 6.07) is 18.8. The van der Waals surface area contributed by atoms with E-state index in [9.17, 15) is 9.59 Å². The Hall–Kier alpha value is -3.00. The zero-order valence-corrected chi connectivity index (χ0v) is 23.4. The number of thioether (sulfide) groups is 1. The molecule has 0 spiro atoms. The molecule has 2 amide bonds. The van der Waals surface area contributed by atoms with Gasteiger partial charge < -0.3 is 9.47 Å². The highest BCUT2D eigenvalue weighted by Crippen LogP contribution is 2.38. The lowest BCUT2D eigenvalue weighted by atomic mass is 10.0. The van der Waals surface area contributed by atoms with Crippen molar-refractivity contribution in [3.8, 4) is 11.5 Å². The molecule has 0 aromatic heterocycles. The van der Waals surface area contributed by atoms with Gasteiger partial charge in [0.15, 0.2) is 11.5 Å². The molecule has 0 atom stereocenters. The molecule has 0 aliphatic carbocycles. The summed E-state index contributed by atoms with van der Waals surface area (Å²) in [5.74, 6) is 0.873. The monoisotopic (exact) mass is 597 g/mol. The van der Waals surface area contributed by atoms with E-state index in [2.05, 4.69) is 22.5 Å². The highest BCUT2D eigenvalue weighted by Gasteiger charge is 2.35. The van der Waals surface area contributed by atoms with Crippen LogP contribution in [0.4, 0.5) is 4.79 Å². The molecule has 1 aliphatic rings. The minimum atomic E-state index is -0.316. The van der Waals surface area contributed by atoms with Crippen LogP contribution in [-0.4, -0.2) is 22.7 Å². The van der Waals surface area contributed by atoms with Gasteiger partial charge in [-0.05, 0) is 84.3 Å². The normalized spacial score (nSPS) is 14.4. The van der Waals surface area contributed by atoms with E-state index in [-0.39, 0.29) is 17.7 Å². The number of hydrogen-bond acceptors (Lipinski definition) is 5. The fourth-order valence-corrected chi connectivity index (χ4v) is 5.03. The van der Waals surface area contributed by atoms with Crippen molar-refractivity contribution in [2.24, 2.45) is 0 Å².